The molecule has 90 heavy (non-hydrogen) atoms. The van der Waals surface area contributed by atoms with Gasteiger partial charge < -0.3 is 9.80 Å². The molecular weight excluding hydrogens is 1080 g/mol. The summed E-state index contributed by atoms with van der Waals surface area (Å²) < 4.78 is 0. The molecule has 0 saturated carbocycles. The van der Waals surface area contributed by atoms with E-state index in [1.54, 1.807) is 0 Å². The molecule has 0 N–H and O–H groups in total. The van der Waals surface area contributed by atoms with E-state index in [9.17, 15) is 0 Å². The summed E-state index contributed by atoms with van der Waals surface area (Å²) >= 11 is 0. The Balaban J connectivity index is 0.854. The van der Waals surface area contributed by atoms with Gasteiger partial charge in [0.25, 0.3) is 0 Å². The van der Waals surface area contributed by atoms with Gasteiger partial charge in [-0.05, 0) is 237 Å². The predicted octanol–water partition coefficient (Wildman–Crippen LogP) is 24.5. The zero-order valence-corrected chi connectivity index (χ0v) is 51.4. The molecule has 0 fully saturated rings. The quantitative estimate of drug-likeness (QED) is 0.126. The van der Waals surface area contributed by atoms with Crippen LogP contribution in [0.15, 0.2) is 303 Å². The van der Waals surface area contributed by atoms with E-state index in [-0.39, 0.29) is 10.8 Å². The molecule has 0 atom stereocenters. The van der Waals surface area contributed by atoms with E-state index in [4.69, 9.17) is 0 Å². The summed E-state index contributed by atoms with van der Waals surface area (Å²) in [5.74, 6) is 0. The first-order valence-electron chi connectivity index (χ1n) is 32.2. The smallest absolute Gasteiger partial charge is 0.0468 e. The Kier molecular flexibility index (Phi) is 12.6. The zero-order chi connectivity index (χ0) is 60.2. The Morgan fingerprint density at radius 3 is 1.41 bits per heavy atom. The van der Waals surface area contributed by atoms with Crippen LogP contribution in [0.1, 0.15) is 75.6 Å². The van der Waals surface area contributed by atoms with Gasteiger partial charge >= 0.3 is 0 Å². The third-order valence-electron chi connectivity index (χ3n) is 20.4. The summed E-state index contributed by atoms with van der Waals surface area (Å²) in [5.41, 5.74) is 27.8. The first kappa shape index (κ1) is 53.7. The lowest BCUT2D eigenvalue weighted by atomic mass is 9.79. The summed E-state index contributed by atoms with van der Waals surface area (Å²) in [4.78, 5) is 4.96. The number of hydrogen-bond acceptors (Lipinski definition) is 2. The van der Waals surface area contributed by atoms with Crippen molar-refractivity contribution in [2.45, 2.75) is 64.2 Å². The number of benzene rings is 13. The van der Waals surface area contributed by atoms with Crippen LogP contribution in [0.25, 0.3) is 104 Å². The van der Waals surface area contributed by atoms with Gasteiger partial charge in [-0.2, -0.15) is 0 Å². The van der Waals surface area contributed by atoms with Crippen molar-refractivity contribution in [1.82, 2.24) is 0 Å². The fourth-order valence-electron chi connectivity index (χ4n) is 15.9. The van der Waals surface area contributed by atoms with E-state index in [1.165, 1.54) is 138 Å². The number of nitrogens with zero attached hydrogens (tertiary/aromatic N) is 2. The Morgan fingerprint density at radius 1 is 0.311 bits per heavy atom. The van der Waals surface area contributed by atoms with Gasteiger partial charge in [-0.25, -0.2) is 0 Å². The van der Waals surface area contributed by atoms with Crippen molar-refractivity contribution in [3.63, 3.8) is 0 Å². The van der Waals surface area contributed by atoms with Crippen molar-refractivity contribution in [3.05, 3.63) is 325 Å². The van der Waals surface area contributed by atoms with Gasteiger partial charge in [-0.1, -0.05) is 240 Å². The largest absolute Gasteiger partial charge is 0.314 e. The molecule has 4 aliphatic carbocycles. The highest BCUT2D eigenvalue weighted by Crippen LogP contribution is 2.54. The first-order chi connectivity index (χ1) is 44.2. The molecule has 17 rings (SSSR count). The monoisotopic (exact) mass is 1150 g/mol. The minimum absolute atomic E-state index is 0.0292. The third-order valence-corrected chi connectivity index (χ3v) is 20.4. The molecule has 13 aromatic carbocycles. The molecular formula is C88H68N2. The SMILES string of the molecule is CC1(C)C2=C(CCC=C2)c2ccc(-c3ccc(N(c4ccccc4)c4ccc5c(-c6cccc7ccccc67)c6cc(N(C7=CC=CCC7)c7ccc(-c8ccc9c(c8)C(C)(C)c8ccccc8-9)cc7)ccc6c(-c6cccc7ccccc67)c5c4)cc3)cc21. The van der Waals surface area contributed by atoms with E-state index >= 15 is 0 Å². The second-order valence-electron chi connectivity index (χ2n) is 26.1. The van der Waals surface area contributed by atoms with Crippen LogP contribution in [0.5, 0.6) is 0 Å². The average Bonchev–Trinajstić information content (AvgIpc) is 0.903. The Bertz CT molecular complexity index is 5210. The van der Waals surface area contributed by atoms with Crippen molar-refractivity contribution >= 4 is 77.1 Å². The van der Waals surface area contributed by atoms with Crippen LogP contribution < -0.4 is 9.80 Å². The number of allylic oxidation sites excluding steroid dienone is 8. The number of para-hydroxylation sites is 1. The topological polar surface area (TPSA) is 6.48 Å². The molecule has 0 unspecified atom stereocenters. The van der Waals surface area contributed by atoms with Crippen LogP contribution in [-0.2, 0) is 10.8 Å². The van der Waals surface area contributed by atoms with Crippen molar-refractivity contribution in [2.24, 2.45) is 0 Å². The molecule has 0 amide bonds. The molecule has 4 aliphatic rings. The van der Waals surface area contributed by atoms with Crippen LogP contribution in [0.4, 0.5) is 28.4 Å². The van der Waals surface area contributed by atoms with Crippen molar-refractivity contribution in [1.29, 1.82) is 0 Å². The predicted molar refractivity (Wildman–Crippen MR) is 384 cm³/mol. The lowest BCUT2D eigenvalue weighted by Gasteiger charge is -2.30. The van der Waals surface area contributed by atoms with E-state index in [2.05, 4.69) is 329 Å². The summed E-state index contributed by atoms with van der Waals surface area (Å²) in [7, 11) is 0. The fraction of sp³-hybridized carbons (Fsp3) is 0.114. The van der Waals surface area contributed by atoms with Crippen LogP contribution in [0.2, 0.25) is 0 Å². The molecule has 13 aromatic rings. The summed E-state index contributed by atoms with van der Waals surface area (Å²) in [6, 6.07) is 98.8. The van der Waals surface area contributed by atoms with Gasteiger partial charge in [0.15, 0.2) is 0 Å². The molecule has 0 spiro atoms. The zero-order valence-electron chi connectivity index (χ0n) is 51.4. The van der Waals surface area contributed by atoms with E-state index < -0.39 is 0 Å². The molecule has 0 bridgehead atoms. The minimum atomic E-state index is -0.0740. The van der Waals surface area contributed by atoms with Gasteiger partial charge in [0.05, 0.1) is 0 Å². The van der Waals surface area contributed by atoms with Gasteiger partial charge in [-0.15, -0.1) is 0 Å². The molecule has 0 aliphatic heterocycles. The fourth-order valence-corrected chi connectivity index (χ4v) is 15.9. The number of fused-ring (bicyclic) bond motifs is 9. The van der Waals surface area contributed by atoms with Crippen molar-refractivity contribution in [2.75, 3.05) is 9.80 Å². The van der Waals surface area contributed by atoms with E-state index in [1.807, 2.05) is 0 Å². The van der Waals surface area contributed by atoms with Crippen molar-refractivity contribution < 1.29 is 0 Å². The first-order valence-corrected chi connectivity index (χ1v) is 32.2. The molecule has 0 heterocycles. The van der Waals surface area contributed by atoms with Crippen LogP contribution in [-0.4, -0.2) is 0 Å². The van der Waals surface area contributed by atoms with Gasteiger partial charge in [0.1, 0.15) is 0 Å². The summed E-state index contributed by atoms with van der Waals surface area (Å²) in [6.07, 6.45) is 15.7. The Labute approximate surface area is 528 Å². The number of rotatable bonds is 10. The summed E-state index contributed by atoms with van der Waals surface area (Å²) in [5, 5.41) is 9.70. The number of hydrogen-bond donors (Lipinski definition) is 0. The normalized spacial score (nSPS) is 15.0. The van der Waals surface area contributed by atoms with Crippen molar-refractivity contribution in [3.8, 4) is 55.6 Å². The van der Waals surface area contributed by atoms with E-state index in [0.29, 0.717) is 0 Å². The molecule has 430 valence electrons. The van der Waals surface area contributed by atoms with Gasteiger partial charge in [0, 0.05) is 45.0 Å². The molecule has 2 heteroatoms. The maximum absolute atomic E-state index is 2.52. The second kappa shape index (κ2) is 21.1. The minimum Gasteiger partial charge on any atom is -0.314 e. The van der Waals surface area contributed by atoms with Gasteiger partial charge in [0.2, 0.25) is 0 Å². The molecule has 0 radical (unpaired) electrons. The van der Waals surface area contributed by atoms with Crippen LogP contribution >= 0.6 is 0 Å². The Morgan fingerprint density at radius 2 is 0.789 bits per heavy atom. The second-order valence-corrected chi connectivity index (χ2v) is 26.1. The highest BCUT2D eigenvalue weighted by atomic mass is 15.2. The molecule has 0 saturated heterocycles. The lowest BCUT2D eigenvalue weighted by Crippen LogP contribution is -2.17. The third kappa shape index (κ3) is 8.60. The highest BCUT2D eigenvalue weighted by Gasteiger charge is 2.38. The highest BCUT2D eigenvalue weighted by molar-refractivity contribution is 6.26. The van der Waals surface area contributed by atoms with E-state index in [0.717, 1.165) is 54.1 Å². The number of anilines is 5. The molecule has 2 nitrogen and oxygen atoms in total. The summed E-state index contributed by atoms with van der Waals surface area (Å²) in [6.45, 7) is 9.52. The maximum atomic E-state index is 2.52. The maximum Gasteiger partial charge on any atom is 0.0468 e. The molecule has 0 aromatic heterocycles. The van der Waals surface area contributed by atoms with Gasteiger partial charge in [-0.3, -0.25) is 0 Å². The van der Waals surface area contributed by atoms with Crippen LogP contribution in [0.3, 0.4) is 0 Å². The average molecular weight is 1150 g/mol. The van der Waals surface area contributed by atoms with Crippen LogP contribution in [0, 0.1) is 0 Å². The lowest BCUT2D eigenvalue weighted by molar-refractivity contribution is 0.651. The Hall–Kier alpha value is -10.5. The standard InChI is InChI=1S/C88H68N2/c1-87(2)81-35-17-15-31-71(81)73-49-41-61(53-83(73)87)57-37-43-65(44-38-57)89(63-25-7-5-8-26-63)67-47-51-77-79(55-67)85(75-33-19-23-59-21-11-13-29-69(59)75)78-52-48-68(56-80(78)86(77)76-34-20-24-60-22-12-14-30-70(60)76)90(64-27-9-6-10-28-64)66-45-39-58(40-46-66)62-42-50-74-72-32-16-18-36-82(72)88(3,4)84(74)54-62/h5-9,11-14,16-27,29-30,32-56H,10,15,28,31H2,1-4H3.